The SMILES string of the molecule is C[C@@H](Nc1nc2nccn2c2cnc(Cl)cc12)c1cccc(C(F)(F)F)n1. The number of imidazole rings is 1. The van der Waals surface area contributed by atoms with Crippen molar-refractivity contribution in [2.45, 2.75) is 19.1 Å². The topological polar surface area (TPSA) is 68.0 Å². The molecular weight excluding hydrogens is 381 g/mol. The highest BCUT2D eigenvalue weighted by Gasteiger charge is 2.32. The number of hydrogen-bond acceptors (Lipinski definition) is 5. The van der Waals surface area contributed by atoms with Gasteiger partial charge in [0.05, 0.1) is 23.4 Å². The number of aromatic nitrogens is 5. The maximum Gasteiger partial charge on any atom is 0.433 e. The Morgan fingerprint density at radius 2 is 2.00 bits per heavy atom. The summed E-state index contributed by atoms with van der Waals surface area (Å²) in [7, 11) is 0. The molecule has 0 saturated carbocycles. The van der Waals surface area contributed by atoms with Crippen LogP contribution in [-0.4, -0.2) is 24.3 Å². The van der Waals surface area contributed by atoms with Gasteiger partial charge in [-0.05, 0) is 25.1 Å². The highest BCUT2D eigenvalue weighted by molar-refractivity contribution is 6.30. The predicted molar refractivity (Wildman–Crippen MR) is 94.6 cm³/mol. The minimum Gasteiger partial charge on any atom is -0.361 e. The molecule has 0 aliphatic rings. The van der Waals surface area contributed by atoms with Crippen LogP contribution in [0.2, 0.25) is 5.15 Å². The molecule has 0 unspecified atom stereocenters. The summed E-state index contributed by atoms with van der Waals surface area (Å²) in [6, 6.07) is 4.89. The fraction of sp³-hybridized carbons (Fsp3) is 0.176. The van der Waals surface area contributed by atoms with Gasteiger partial charge in [0.2, 0.25) is 5.78 Å². The normalized spacial score (nSPS) is 13.2. The van der Waals surface area contributed by atoms with Crippen LogP contribution in [0.5, 0.6) is 0 Å². The number of halogens is 4. The van der Waals surface area contributed by atoms with E-state index >= 15 is 0 Å². The standard InChI is InChI=1S/C17H12ClF3N6/c1-9(11-3-2-4-13(25-11)17(19,20)21)24-15-10-7-14(18)23-8-12(10)27-6-5-22-16(27)26-15/h2-9H,1H3,(H,22,24,26)/t9-/m1/s1. The first-order chi connectivity index (χ1) is 12.8. The van der Waals surface area contributed by atoms with E-state index in [9.17, 15) is 13.2 Å². The van der Waals surface area contributed by atoms with Crippen molar-refractivity contribution in [2.24, 2.45) is 0 Å². The summed E-state index contributed by atoms with van der Waals surface area (Å²) < 4.78 is 40.5. The Balaban J connectivity index is 1.77. The second-order valence-electron chi connectivity index (χ2n) is 5.89. The number of nitrogens with zero attached hydrogens (tertiary/aromatic N) is 5. The lowest BCUT2D eigenvalue weighted by Gasteiger charge is -2.17. The number of rotatable bonds is 3. The summed E-state index contributed by atoms with van der Waals surface area (Å²) in [5.41, 5.74) is 0.0131. The lowest BCUT2D eigenvalue weighted by atomic mass is 10.2. The first-order valence-corrected chi connectivity index (χ1v) is 8.30. The maximum absolute atomic E-state index is 12.9. The van der Waals surface area contributed by atoms with Crippen LogP contribution in [0.25, 0.3) is 16.7 Å². The molecule has 0 saturated heterocycles. The summed E-state index contributed by atoms with van der Waals surface area (Å²) in [5.74, 6) is 0.859. The number of pyridine rings is 2. The number of hydrogen-bond donors (Lipinski definition) is 1. The van der Waals surface area contributed by atoms with Gasteiger partial charge in [0.1, 0.15) is 16.7 Å². The molecule has 4 aromatic heterocycles. The molecule has 0 amide bonds. The molecule has 4 aromatic rings. The van der Waals surface area contributed by atoms with Crippen molar-refractivity contribution >= 4 is 34.1 Å². The second kappa shape index (κ2) is 6.34. The van der Waals surface area contributed by atoms with Crippen molar-refractivity contribution in [3.8, 4) is 0 Å². The third kappa shape index (κ3) is 3.25. The number of nitrogens with one attached hydrogen (secondary N) is 1. The summed E-state index contributed by atoms with van der Waals surface area (Å²) in [4.78, 5) is 16.4. The van der Waals surface area contributed by atoms with Crippen molar-refractivity contribution in [3.05, 3.63) is 59.4 Å². The van der Waals surface area contributed by atoms with Crippen LogP contribution < -0.4 is 5.32 Å². The van der Waals surface area contributed by atoms with Gasteiger partial charge in [-0.2, -0.15) is 18.2 Å². The highest BCUT2D eigenvalue weighted by atomic mass is 35.5. The number of fused-ring (bicyclic) bond motifs is 3. The van der Waals surface area contributed by atoms with Gasteiger partial charge in [-0.25, -0.2) is 15.0 Å². The molecule has 1 atom stereocenters. The smallest absolute Gasteiger partial charge is 0.361 e. The Hall–Kier alpha value is -2.94. The average molecular weight is 393 g/mol. The maximum atomic E-state index is 12.9. The van der Waals surface area contributed by atoms with Gasteiger partial charge in [0.25, 0.3) is 0 Å². The number of anilines is 1. The minimum atomic E-state index is -4.51. The van der Waals surface area contributed by atoms with Gasteiger partial charge < -0.3 is 5.32 Å². The Morgan fingerprint density at radius 3 is 2.78 bits per heavy atom. The molecule has 0 fully saturated rings. The van der Waals surface area contributed by atoms with Crippen LogP contribution in [0.4, 0.5) is 19.0 Å². The van der Waals surface area contributed by atoms with E-state index in [2.05, 4.69) is 25.3 Å². The van der Waals surface area contributed by atoms with E-state index in [1.54, 1.807) is 36.0 Å². The molecule has 0 aromatic carbocycles. The van der Waals surface area contributed by atoms with Gasteiger partial charge in [-0.1, -0.05) is 17.7 Å². The zero-order chi connectivity index (χ0) is 19.2. The van der Waals surface area contributed by atoms with E-state index in [0.29, 0.717) is 22.5 Å². The summed E-state index contributed by atoms with van der Waals surface area (Å²) in [5, 5.41) is 4.05. The molecule has 138 valence electrons. The van der Waals surface area contributed by atoms with E-state index in [-0.39, 0.29) is 10.8 Å². The molecule has 0 bridgehead atoms. The Kier molecular flexibility index (Phi) is 4.11. The van der Waals surface area contributed by atoms with Crippen molar-refractivity contribution < 1.29 is 13.2 Å². The fourth-order valence-electron chi connectivity index (χ4n) is 2.77. The van der Waals surface area contributed by atoms with Crippen molar-refractivity contribution in [2.75, 3.05) is 5.32 Å². The van der Waals surface area contributed by atoms with Crippen LogP contribution >= 0.6 is 11.6 Å². The average Bonchev–Trinajstić information content (AvgIpc) is 3.09. The van der Waals surface area contributed by atoms with E-state index in [0.717, 1.165) is 6.07 Å². The molecule has 4 rings (SSSR count). The first kappa shape index (κ1) is 17.5. The van der Waals surface area contributed by atoms with E-state index < -0.39 is 17.9 Å². The minimum absolute atomic E-state index is 0.239. The Bertz CT molecular complexity index is 1140. The molecule has 0 radical (unpaired) electrons. The van der Waals surface area contributed by atoms with Crippen molar-refractivity contribution in [1.29, 1.82) is 0 Å². The lowest BCUT2D eigenvalue weighted by molar-refractivity contribution is -0.141. The Morgan fingerprint density at radius 1 is 1.19 bits per heavy atom. The van der Waals surface area contributed by atoms with Crippen molar-refractivity contribution in [3.63, 3.8) is 0 Å². The van der Waals surface area contributed by atoms with E-state index in [1.807, 2.05) is 0 Å². The molecule has 27 heavy (non-hydrogen) atoms. The quantitative estimate of drug-likeness (QED) is 0.519. The van der Waals surface area contributed by atoms with Crippen LogP contribution in [-0.2, 0) is 6.18 Å². The third-order valence-corrected chi connectivity index (χ3v) is 4.26. The Labute approximate surface area is 156 Å². The van der Waals surface area contributed by atoms with Crippen LogP contribution in [0.3, 0.4) is 0 Å². The summed E-state index contributed by atoms with van der Waals surface area (Å²) in [6.45, 7) is 1.70. The summed E-state index contributed by atoms with van der Waals surface area (Å²) in [6.07, 6.45) is 0.417. The predicted octanol–water partition coefficient (Wildman–Crippen LogP) is 4.52. The van der Waals surface area contributed by atoms with Gasteiger partial charge in [0.15, 0.2) is 0 Å². The van der Waals surface area contributed by atoms with Gasteiger partial charge in [-0.15, -0.1) is 0 Å². The lowest BCUT2D eigenvalue weighted by Crippen LogP contribution is -2.14. The zero-order valence-electron chi connectivity index (χ0n) is 13.9. The third-order valence-electron chi connectivity index (χ3n) is 4.06. The molecule has 6 nitrogen and oxygen atoms in total. The molecule has 0 aliphatic carbocycles. The zero-order valence-corrected chi connectivity index (χ0v) is 14.6. The monoisotopic (exact) mass is 392 g/mol. The molecule has 1 N–H and O–H groups in total. The summed E-state index contributed by atoms with van der Waals surface area (Å²) >= 11 is 6.01. The molecule has 0 aliphatic heterocycles. The van der Waals surface area contributed by atoms with Crippen LogP contribution in [0, 0.1) is 0 Å². The fourth-order valence-corrected chi connectivity index (χ4v) is 2.93. The second-order valence-corrected chi connectivity index (χ2v) is 6.28. The molecule has 4 heterocycles. The number of alkyl halides is 3. The van der Waals surface area contributed by atoms with Gasteiger partial charge >= 0.3 is 6.18 Å². The van der Waals surface area contributed by atoms with Crippen LogP contribution in [0.15, 0.2) is 42.9 Å². The van der Waals surface area contributed by atoms with Crippen molar-refractivity contribution in [1.82, 2.24) is 24.3 Å². The van der Waals surface area contributed by atoms with E-state index in [1.165, 1.54) is 12.1 Å². The van der Waals surface area contributed by atoms with Gasteiger partial charge in [0, 0.05) is 17.8 Å². The van der Waals surface area contributed by atoms with Crippen LogP contribution in [0.1, 0.15) is 24.4 Å². The molecular formula is C17H12ClF3N6. The first-order valence-electron chi connectivity index (χ1n) is 7.92. The van der Waals surface area contributed by atoms with Gasteiger partial charge in [-0.3, -0.25) is 4.40 Å². The highest BCUT2D eigenvalue weighted by Crippen LogP contribution is 2.30. The molecule has 10 heteroatoms. The van der Waals surface area contributed by atoms with E-state index in [4.69, 9.17) is 11.6 Å². The largest absolute Gasteiger partial charge is 0.433 e. The molecule has 0 spiro atoms.